The largest absolute Gasteiger partial charge is 0.398 e. The van der Waals surface area contributed by atoms with Crippen molar-refractivity contribution in [3.05, 3.63) is 83.2 Å². The first kappa shape index (κ1) is 22.1. The molecule has 1 aromatic carbocycles. The van der Waals surface area contributed by atoms with E-state index in [0.717, 1.165) is 0 Å². The number of nitrogen functional groups attached to an aromatic ring is 1. The maximum atomic E-state index is 14.6. The summed E-state index contributed by atoms with van der Waals surface area (Å²) in [5, 5.41) is 3.13. The highest BCUT2D eigenvalue weighted by Crippen LogP contribution is 2.38. The zero-order valence-corrected chi connectivity index (χ0v) is 18.3. The van der Waals surface area contributed by atoms with Crippen LogP contribution in [0.25, 0.3) is 0 Å². The van der Waals surface area contributed by atoms with E-state index in [2.05, 4.69) is 15.3 Å². The molecule has 1 aliphatic heterocycles. The van der Waals surface area contributed by atoms with Crippen molar-refractivity contribution in [1.82, 2.24) is 19.6 Å². The molecule has 32 heavy (non-hydrogen) atoms. The lowest BCUT2D eigenvalue weighted by atomic mass is 9.77. The van der Waals surface area contributed by atoms with Crippen LogP contribution in [0.1, 0.15) is 16.1 Å². The van der Waals surface area contributed by atoms with Crippen molar-refractivity contribution in [3.63, 3.8) is 0 Å². The summed E-state index contributed by atoms with van der Waals surface area (Å²) < 4.78 is 41.6. The van der Waals surface area contributed by atoms with Crippen LogP contribution in [0.4, 0.5) is 10.1 Å². The van der Waals surface area contributed by atoms with Gasteiger partial charge < -0.3 is 11.1 Å². The van der Waals surface area contributed by atoms with Crippen molar-refractivity contribution in [2.75, 3.05) is 25.4 Å². The summed E-state index contributed by atoms with van der Waals surface area (Å²) in [5.74, 6) is -1.06. The summed E-state index contributed by atoms with van der Waals surface area (Å²) in [5.41, 5.74) is 5.33. The van der Waals surface area contributed by atoms with E-state index in [0.29, 0.717) is 5.02 Å². The van der Waals surface area contributed by atoms with E-state index in [-0.39, 0.29) is 41.5 Å². The van der Waals surface area contributed by atoms with Crippen LogP contribution in [0, 0.1) is 5.82 Å². The highest BCUT2D eigenvalue weighted by atomic mass is 35.5. The Balaban J connectivity index is 1.59. The second-order valence-corrected chi connectivity index (χ2v) is 9.86. The third-order valence-corrected chi connectivity index (χ3v) is 7.35. The standard InChI is InChI=1S/C21H19ClFN5O3S/c22-14-5-6-16(18(24)9-14)20(29)27-11-21(19-17(23)4-2-8-26-19)12-28(13-21)32(30,31)15-3-1-7-25-10-15/h1-10H,11-13,24H2,(H,27,29). The van der Waals surface area contributed by atoms with Gasteiger partial charge in [0.15, 0.2) is 0 Å². The second kappa shape index (κ2) is 8.45. The first-order valence-electron chi connectivity index (χ1n) is 9.57. The maximum absolute atomic E-state index is 14.6. The predicted molar refractivity (Wildman–Crippen MR) is 117 cm³/mol. The molecule has 0 unspecified atom stereocenters. The topological polar surface area (TPSA) is 118 Å². The summed E-state index contributed by atoms with van der Waals surface area (Å²) in [4.78, 5) is 20.7. The number of nitrogens with one attached hydrogen (secondary N) is 1. The van der Waals surface area contributed by atoms with Crippen LogP contribution in [-0.2, 0) is 15.4 Å². The van der Waals surface area contributed by atoms with Crippen molar-refractivity contribution < 1.29 is 17.6 Å². The number of nitrogens with zero attached hydrogens (tertiary/aromatic N) is 3. The Morgan fingerprint density at radius 1 is 1.22 bits per heavy atom. The molecule has 3 N–H and O–H groups in total. The number of benzene rings is 1. The lowest BCUT2D eigenvalue weighted by Gasteiger charge is -2.48. The first-order valence-corrected chi connectivity index (χ1v) is 11.4. The van der Waals surface area contributed by atoms with Gasteiger partial charge in [-0.15, -0.1) is 0 Å². The number of carbonyl (C=O) groups is 1. The fourth-order valence-electron chi connectivity index (χ4n) is 3.65. The molecule has 2 aromatic heterocycles. The van der Waals surface area contributed by atoms with Gasteiger partial charge in [-0.3, -0.25) is 14.8 Å². The third-order valence-electron chi connectivity index (χ3n) is 5.34. The molecule has 0 saturated carbocycles. The number of hydrogen-bond acceptors (Lipinski definition) is 6. The number of halogens is 2. The highest BCUT2D eigenvalue weighted by Gasteiger charge is 2.52. The molecule has 3 aromatic rings. The van der Waals surface area contributed by atoms with Crippen LogP contribution in [0.5, 0.6) is 0 Å². The summed E-state index contributed by atoms with van der Waals surface area (Å²) in [6, 6.07) is 10.1. The Hall–Kier alpha value is -3.08. The third kappa shape index (κ3) is 4.04. The molecule has 0 atom stereocenters. The van der Waals surface area contributed by atoms with Gasteiger partial charge in [0.05, 0.1) is 16.7 Å². The van der Waals surface area contributed by atoms with E-state index in [1.807, 2.05) is 0 Å². The van der Waals surface area contributed by atoms with E-state index >= 15 is 0 Å². The molecule has 1 aliphatic rings. The number of nitrogens with two attached hydrogens (primary N) is 1. The van der Waals surface area contributed by atoms with Crippen molar-refractivity contribution >= 4 is 33.2 Å². The average molecular weight is 476 g/mol. The molecule has 11 heteroatoms. The average Bonchev–Trinajstić information content (AvgIpc) is 2.74. The Bertz CT molecular complexity index is 1270. The van der Waals surface area contributed by atoms with Crippen LogP contribution >= 0.6 is 11.6 Å². The number of hydrogen-bond donors (Lipinski definition) is 2. The zero-order chi connectivity index (χ0) is 22.9. The Morgan fingerprint density at radius 2 is 1.97 bits per heavy atom. The van der Waals surface area contributed by atoms with E-state index in [1.54, 1.807) is 0 Å². The Kier molecular flexibility index (Phi) is 5.85. The molecule has 8 nitrogen and oxygen atoms in total. The maximum Gasteiger partial charge on any atom is 0.253 e. The molecule has 0 radical (unpaired) electrons. The van der Waals surface area contributed by atoms with Gasteiger partial charge in [0.25, 0.3) is 5.91 Å². The predicted octanol–water partition coefficient (Wildman–Crippen LogP) is 2.22. The lowest BCUT2D eigenvalue weighted by molar-refractivity contribution is 0.0896. The lowest BCUT2D eigenvalue weighted by Crippen LogP contribution is -2.65. The Labute approximate surface area is 189 Å². The number of anilines is 1. The molecule has 3 heterocycles. The molecule has 1 fully saturated rings. The van der Waals surface area contributed by atoms with Gasteiger partial charge in [0.2, 0.25) is 10.0 Å². The number of amides is 1. The second-order valence-electron chi connectivity index (χ2n) is 7.49. The number of aromatic nitrogens is 2. The molecule has 166 valence electrons. The molecule has 1 saturated heterocycles. The zero-order valence-electron chi connectivity index (χ0n) is 16.7. The van der Waals surface area contributed by atoms with E-state index < -0.39 is 27.2 Å². The fourth-order valence-corrected chi connectivity index (χ4v) is 5.41. The molecular weight excluding hydrogens is 457 g/mol. The molecule has 0 bridgehead atoms. The van der Waals surface area contributed by atoms with E-state index in [4.69, 9.17) is 17.3 Å². The van der Waals surface area contributed by atoms with Crippen molar-refractivity contribution in [2.24, 2.45) is 0 Å². The fraction of sp³-hybridized carbons (Fsp3) is 0.190. The van der Waals surface area contributed by atoms with Gasteiger partial charge in [-0.2, -0.15) is 4.31 Å². The van der Waals surface area contributed by atoms with Gasteiger partial charge in [-0.05, 0) is 42.5 Å². The molecule has 1 amide bonds. The van der Waals surface area contributed by atoms with Crippen molar-refractivity contribution in [2.45, 2.75) is 10.3 Å². The number of rotatable bonds is 6. The number of carbonyl (C=O) groups excluding carboxylic acids is 1. The van der Waals surface area contributed by atoms with Crippen LogP contribution in [0.3, 0.4) is 0 Å². The normalized spacial score (nSPS) is 15.7. The van der Waals surface area contributed by atoms with Crippen LogP contribution in [0.2, 0.25) is 5.02 Å². The summed E-state index contributed by atoms with van der Waals surface area (Å²) in [7, 11) is -3.82. The van der Waals surface area contributed by atoms with Crippen LogP contribution in [0.15, 0.2) is 66.0 Å². The minimum Gasteiger partial charge on any atom is -0.398 e. The number of pyridine rings is 2. The number of sulfonamides is 1. The van der Waals surface area contributed by atoms with Crippen LogP contribution in [-0.4, -0.2) is 48.2 Å². The van der Waals surface area contributed by atoms with Crippen molar-refractivity contribution in [1.29, 1.82) is 0 Å². The monoisotopic (exact) mass is 475 g/mol. The summed E-state index contributed by atoms with van der Waals surface area (Å²) in [6.45, 7) is -0.163. The van der Waals surface area contributed by atoms with Gasteiger partial charge in [-0.1, -0.05) is 11.6 Å². The van der Waals surface area contributed by atoms with Gasteiger partial charge in [-0.25, -0.2) is 12.8 Å². The van der Waals surface area contributed by atoms with E-state index in [1.165, 1.54) is 65.4 Å². The first-order chi connectivity index (χ1) is 15.2. The molecular formula is C21H19ClFN5O3S. The van der Waals surface area contributed by atoms with Crippen molar-refractivity contribution in [3.8, 4) is 0 Å². The smallest absolute Gasteiger partial charge is 0.253 e. The summed E-state index contributed by atoms with van der Waals surface area (Å²) >= 11 is 5.88. The molecule has 4 rings (SSSR count). The van der Waals surface area contributed by atoms with E-state index in [9.17, 15) is 17.6 Å². The molecule has 0 aliphatic carbocycles. The Morgan fingerprint density at radius 3 is 2.62 bits per heavy atom. The van der Waals surface area contributed by atoms with Crippen LogP contribution < -0.4 is 11.1 Å². The van der Waals surface area contributed by atoms with Gasteiger partial charge in [0.1, 0.15) is 10.7 Å². The summed E-state index contributed by atoms with van der Waals surface area (Å²) in [6.07, 6.45) is 4.15. The SMILES string of the molecule is Nc1cc(Cl)ccc1C(=O)NCC1(c2ncccc2F)CN(S(=O)(=O)c2cccnc2)C1. The van der Waals surface area contributed by atoms with Gasteiger partial charge in [0, 0.05) is 48.9 Å². The molecule has 0 spiro atoms. The van der Waals surface area contributed by atoms with Gasteiger partial charge >= 0.3 is 0 Å². The quantitative estimate of drug-likeness (QED) is 0.528. The highest BCUT2D eigenvalue weighted by molar-refractivity contribution is 7.89. The minimum atomic E-state index is -3.82. The minimum absolute atomic E-state index is 0.0352.